The molecule has 0 saturated carbocycles. The third-order valence-electron chi connectivity index (χ3n) is 2.75. The van der Waals surface area contributed by atoms with Gasteiger partial charge in [-0.2, -0.15) is 0 Å². The Bertz CT molecular complexity index is 328. The predicted octanol–water partition coefficient (Wildman–Crippen LogP) is 5.43. The fourth-order valence-corrected chi connectivity index (χ4v) is 2.21. The van der Waals surface area contributed by atoms with Crippen molar-refractivity contribution in [3.05, 3.63) is 34.3 Å². The molecule has 2 heteroatoms. The lowest BCUT2D eigenvalue weighted by molar-refractivity contribution is 0.369. The van der Waals surface area contributed by atoms with Crippen LogP contribution in [0.2, 0.25) is 0 Å². The van der Waals surface area contributed by atoms with Gasteiger partial charge in [0.25, 0.3) is 0 Å². The molecule has 1 atom stereocenters. The highest BCUT2D eigenvalue weighted by Gasteiger charge is 2.21. The van der Waals surface area contributed by atoms with E-state index in [1.54, 1.807) is 0 Å². The van der Waals surface area contributed by atoms with Crippen LogP contribution in [-0.4, -0.2) is 5.38 Å². The zero-order valence-corrected chi connectivity index (χ0v) is 12.6. The molecule has 0 radical (unpaired) electrons. The van der Waals surface area contributed by atoms with Gasteiger partial charge in [-0.25, -0.2) is 0 Å². The summed E-state index contributed by atoms with van der Waals surface area (Å²) >= 11 is 9.83. The average Bonchev–Trinajstić information content (AvgIpc) is 2.16. The summed E-state index contributed by atoms with van der Waals surface area (Å²) in [7, 11) is 0. The standard InChI is InChI=1S/C14H20BrCl/c1-14(2,3)13(16)9-5-7-11-6-4-8-12(15)10-11/h4,6,8,10,13H,5,7,9H2,1-3H3. The molecule has 0 bridgehead atoms. The summed E-state index contributed by atoms with van der Waals surface area (Å²) in [6, 6.07) is 8.50. The molecule has 0 aliphatic rings. The van der Waals surface area contributed by atoms with Crippen molar-refractivity contribution < 1.29 is 0 Å². The largest absolute Gasteiger partial charge is 0.122 e. The molecule has 0 spiro atoms. The molecule has 0 nitrogen and oxygen atoms in total. The number of hydrogen-bond donors (Lipinski definition) is 0. The Morgan fingerprint density at radius 1 is 1.31 bits per heavy atom. The van der Waals surface area contributed by atoms with Gasteiger partial charge in [-0.05, 0) is 42.4 Å². The summed E-state index contributed by atoms with van der Waals surface area (Å²) in [6.07, 6.45) is 3.35. The van der Waals surface area contributed by atoms with Crippen LogP contribution in [0.4, 0.5) is 0 Å². The van der Waals surface area contributed by atoms with Crippen LogP contribution >= 0.6 is 27.5 Å². The van der Waals surface area contributed by atoms with Crippen molar-refractivity contribution in [1.29, 1.82) is 0 Å². The van der Waals surface area contributed by atoms with Crippen molar-refractivity contribution in [3.8, 4) is 0 Å². The molecule has 0 aliphatic carbocycles. The van der Waals surface area contributed by atoms with Crippen LogP contribution in [0.15, 0.2) is 28.7 Å². The first kappa shape index (κ1) is 14.1. The molecular formula is C14H20BrCl. The predicted molar refractivity (Wildman–Crippen MR) is 76.2 cm³/mol. The molecule has 1 aromatic carbocycles. The van der Waals surface area contributed by atoms with Crippen LogP contribution < -0.4 is 0 Å². The second-order valence-electron chi connectivity index (χ2n) is 5.36. The number of aryl methyl sites for hydroxylation is 1. The van der Waals surface area contributed by atoms with Gasteiger partial charge in [0, 0.05) is 9.85 Å². The van der Waals surface area contributed by atoms with Gasteiger partial charge < -0.3 is 0 Å². The molecule has 16 heavy (non-hydrogen) atoms. The van der Waals surface area contributed by atoms with Crippen molar-refractivity contribution in [2.75, 3.05) is 0 Å². The molecule has 0 fully saturated rings. The molecule has 0 aliphatic heterocycles. The molecule has 1 unspecified atom stereocenters. The number of benzene rings is 1. The van der Waals surface area contributed by atoms with Gasteiger partial charge >= 0.3 is 0 Å². The highest BCUT2D eigenvalue weighted by molar-refractivity contribution is 9.10. The van der Waals surface area contributed by atoms with Crippen LogP contribution in [-0.2, 0) is 6.42 Å². The van der Waals surface area contributed by atoms with Gasteiger partial charge in [0.2, 0.25) is 0 Å². The summed E-state index contributed by atoms with van der Waals surface area (Å²) in [6.45, 7) is 6.59. The minimum atomic E-state index is 0.207. The number of halogens is 2. The summed E-state index contributed by atoms with van der Waals surface area (Å²) in [5.41, 5.74) is 1.59. The summed E-state index contributed by atoms with van der Waals surface area (Å²) < 4.78 is 1.16. The van der Waals surface area contributed by atoms with Gasteiger partial charge in [0.15, 0.2) is 0 Å². The van der Waals surface area contributed by atoms with Crippen LogP contribution in [0, 0.1) is 5.41 Å². The summed E-state index contributed by atoms with van der Waals surface area (Å²) in [5, 5.41) is 0.264. The van der Waals surface area contributed by atoms with Gasteiger partial charge in [0.05, 0.1) is 0 Å². The van der Waals surface area contributed by atoms with E-state index in [1.807, 2.05) is 0 Å². The number of alkyl halides is 1. The Kier molecular flexibility index (Phi) is 5.33. The van der Waals surface area contributed by atoms with Crippen molar-refractivity contribution >= 4 is 27.5 Å². The van der Waals surface area contributed by atoms with Gasteiger partial charge in [-0.3, -0.25) is 0 Å². The molecule has 0 amide bonds. The highest BCUT2D eigenvalue weighted by atomic mass is 79.9. The fourth-order valence-electron chi connectivity index (χ4n) is 1.61. The smallest absolute Gasteiger partial charge is 0.0384 e. The maximum absolute atomic E-state index is 6.35. The molecule has 1 rings (SSSR count). The van der Waals surface area contributed by atoms with E-state index in [1.165, 1.54) is 5.56 Å². The van der Waals surface area contributed by atoms with E-state index in [0.29, 0.717) is 0 Å². The zero-order valence-electron chi connectivity index (χ0n) is 10.3. The average molecular weight is 304 g/mol. The number of hydrogen-bond acceptors (Lipinski definition) is 0. The van der Waals surface area contributed by atoms with E-state index in [0.717, 1.165) is 23.7 Å². The first-order valence-corrected chi connectivity index (χ1v) is 7.01. The Hall–Kier alpha value is -0.0100. The highest BCUT2D eigenvalue weighted by Crippen LogP contribution is 2.28. The summed E-state index contributed by atoms with van der Waals surface area (Å²) in [4.78, 5) is 0. The molecule has 90 valence electrons. The lowest BCUT2D eigenvalue weighted by Crippen LogP contribution is -2.20. The minimum Gasteiger partial charge on any atom is -0.122 e. The number of rotatable bonds is 4. The normalized spacial score (nSPS) is 13.8. The van der Waals surface area contributed by atoms with Crippen LogP contribution in [0.25, 0.3) is 0 Å². The van der Waals surface area contributed by atoms with Crippen molar-refractivity contribution in [1.82, 2.24) is 0 Å². The molecule has 0 saturated heterocycles. The Morgan fingerprint density at radius 3 is 2.56 bits per heavy atom. The molecule has 0 aromatic heterocycles. The van der Waals surface area contributed by atoms with E-state index < -0.39 is 0 Å². The zero-order chi connectivity index (χ0) is 12.2. The first-order chi connectivity index (χ1) is 7.39. The third-order valence-corrected chi connectivity index (χ3v) is 4.12. The van der Waals surface area contributed by atoms with Gasteiger partial charge in [0.1, 0.15) is 0 Å². The maximum atomic E-state index is 6.35. The van der Waals surface area contributed by atoms with Crippen molar-refractivity contribution in [2.45, 2.75) is 45.4 Å². The third kappa shape index (κ3) is 4.88. The molecule has 1 aromatic rings. The minimum absolute atomic E-state index is 0.207. The van der Waals surface area contributed by atoms with Gasteiger partial charge in [-0.15, -0.1) is 11.6 Å². The van der Waals surface area contributed by atoms with Crippen molar-refractivity contribution in [3.63, 3.8) is 0 Å². The van der Waals surface area contributed by atoms with E-state index in [9.17, 15) is 0 Å². The fraction of sp³-hybridized carbons (Fsp3) is 0.571. The Labute approximate surface area is 113 Å². The van der Waals surface area contributed by atoms with E-state index in [-0.39, 0.29) is 10.8 Å². The van der Waals surface area contributed by atoms with Crippen LogP contribution in [0.3, 0.4) is 0 Å². The first-order valence-electron chi connectivity index (χ1n) is 5.78. The van der Waals surface area contributed by atoms with E-state index >= 15 is 0 Å². The second-order valence-corrected chi connectivity index (χ2v) is 6.80. The quantitative estimate of drug-likeness (QED) is 0.651. The van der Waals surface area contributed by atoms with Crippen LogP contribution in [0.5, 0.6) is 0 Å². The lowest BCUT2D eigenvalue weighted by Gasteiger charge is -2.24. The van der Waals surface area contributed by atoms with Gasteiger partial charge in [-0.1, -0.05) is 48.8 Å². The Morgan fingerprint density at radius 2 is 2.00 bits per heavy atom. The van der Waals surface area contributed by atoms with E-state index in [2.05, 4.69) is 61.0 Å². The van der Waals surface area contributed by atoms with Crippen molar-refractivity contribution in [2.24, 2.45) is 5.41 Å². The molecule has 0 heterocycles. The monoisotopic (exact) mass is 302 g/mol. The molecule has 0 N–H and O–H groups in total. The van der Waals surface area contributed by atoms with E-state index in [4.69, 9.17) is 11.6 Å². The van der Waals surface area contributed by atoms with Crippen LogP contribution in [0.1, 0.15) is 39.2 Å². The second kappa shape index (κ2) is 6.07. The topological polar surface area (TPSA) is 0 Å². The SMILES string of the molecule is CC(C)(C)C(Cl)CCCc1cccc(Br)c1. The maximum Gasteiger partial charge on any atom is 0.0384 e. The summed E-state index contributed by atoms with van der Waals surface area (Å²) in [5.74, 6) is 0. The molecular weight excluding hydrogens is 284 g/mol. The Balaban J connectivity index is 2.36. The lowest BCUT2D eigenvalue weighted by atomic mass is 9.88.